The van der Waals surface area contributed by atoms with Crippen molar-refractivity contribution in [3.63, 3.8) is 0 Å². The summed E-state index contributed by atoms with van der Waals surface area (Å²) in [4.78, 5) is 15.9. The number of nitrogens with two attached hydrogens (primary N) is 1. The minimum Gasteiger partial charge on any atom is -0.478 e. The normalized spacial score (nSPS) is 10.9. The first-order valence-electron chi connectivity index (χ1n) is 6.60. The lowest BCUT2D eigenvalue weighted by Crippen LogP contribution is -2.11. The first kappa shape index (κ1) is 13.2. The molecule has 0 unspecified atom stereocenters. The molecule has 0 atom stereocenters. The Morgan fingerprint density at radius 3 is 2.76 bits per heavy atom. The van der Waals surface area contributed by atoms with Gasteiger partial charge in [-0.2, -0.15) is 0 Å². The van der Waals surface area contributed by atoms with Crippen LogP contribution >= 0.6 is 0 Å². The van der Waals surface area contributed by atoms with Crippen LogP contribution in [0.4, 0.5) is 5.69 Å². The van der Waals surface area contributed by atoms with Gasteiger partial charge in [-0.25, -0.2) is 9.78 Å². The highest BCUT2D eigenvalue weighted by molar-refractivity contribution is 5.95. The number of nitrogen functional groups attached to an aromatic ring is 1. The summed E-state index contributed by atoms with van der Waals surface area (Å²) >= 11 is 0. The zero-order chi connectivity index (χ0) is 15.0. The monoisotopic (exact) mass is 281 g/mol. The quantitative estimate of drug-likeness (QED) is 0.723. The van der Waals surface area contributed by atoms with E-state index < -0.39 is 5.97 Å². The van der Waals surface area contributed by atoms with Gasteiger partial charge in [-0.15, -0.1) is 0 Å². The Morgan fingerprint density at radius 2 is 2.00 bits per heavy atom. The van der Waals surface area contributed by atoms with Crippen molar-refractivity contribution in [2.45, 2.75) is 13.5 Å². The second kappa shape index (κ2) is 4.94. The number of rotatable bonds is 3. The second-order valence-corrected chi connectivity index (χ2v) is 4.92. The minimum absolute atomic E-state index is 0.162. The number of fused-ring (bicyclic) bond motifs is 1. The molecule has 5 heteroatoms. The molecule has 0 bridgehead atoms. The fourth-order valence-corrected chi connectivity index (χ4v) is 2.58. The Labute approximate surface area is 121 Å². The molecule has 0 saturated carbocycles. The molecule has 3 aromatic rings. The fourth-order valence-electron chi connectivity index (χ4n) is 2.58. The van der Waals surface area contributed by atoms with Crippen molar-refractivity contribution in [3.05, 3.63) is 59.4 Å². The molecular weight excluding hydrogens is 266 g/mol. The van der Waals surface area contributed by atoms with Gasteiger partial charge >= 0.3 is 5.97 Å². The summed E-state index contributed by atoms with van der Waals surface area (Å²) in [5, 5.41) is 9.35. The zero-order valence-corrected chi connectivity index (χ0v) is 11.6. The molecular formula is C16H15N3O2. The summed E-state index contributed by atoms with van der Waals surface area (Å²) in [6.07, 6.45) is 0. The van der Waals surface area contributed by atoms with Crippen LogP contribution in [0.3, 0.4) is 0 Å². The Morgan fingerprint density at radius 1 is 1.24 bits per heavy atom. The van der Waals surface area contributed by atoms with E-state index in [0.29, 0.717) is 12.1 Å². The number of anilines is 1. The maximum Gasteiger partial charge on any atom is 0.338 e. The van der Waals surface area contributed by atoms with Gasteiger partial charge in [-0.3, -0.25) is 0 Å². The molecule has 0 fully saturated rings. The molecule has 1 heterocycles. The van der Waals surface area contributed by atoms with Gasteiger partial charge in [-0.1, -0.05) is 24.3 Å². The topological polar surface area (TPSA) is 81.1 Å². The van der Waals surface area contributed by atoms with Crippen molar-refractivity contribution in [2.75, 3.05) is 5.73 Å². The molecule has 0 aliphatic rings. The lowest BCUT2D eigenvalue weighted by Gasteiger charge is -2.11. The molecule has 1 aromatic heterocycles. The molecule has 0 radical (unpaired) electrons. The van der Waals surface area contributed by atoms with Crippen LogP contribution in [0.15, 0.2) is 42.5 Å². The van der Waals surface area contributed by atoms with E-state index in [1.807, 2.05) is 35.8 Å². The standard InChI is InChI=1S/C16H15N3O2/c1-10-18-13-7-2-3-8-14(13)19(10)9-11-5-4-6-12(17)15(11)16(20)21/h2-8H,9,17H2,1H3,(H,20,21). The third-order valence-corrected chi connectivity index (χ3v) is 3.57. The number of nitrogens with zero attached hydrogens (tertiary/aromatic N) is 2. The molecule has 0 spiro atoms. The van der Waals surface area contributed by atoms with Crippen LogP contribution in [-0.4, -0.2) is 20.6 Å². The molecule has 21 heavy (non-hydrogen) atoms. The number of carbonyl (C=O) groups is 1. The van der Waals surface area contributed by atoms with Gasteiger partial charge in [0.2, 0.25) is 0 Å². The lowest BCUT2D eigenvalue weighted by molar-refractivity contribution is 0.0696. The van der Waals surface area contributed by atoms with E-state index in [0.717, 1.165) is 16.9 Å². The molecule has 0 saturated heterocycles. The van der Waals surface area contributed by atoms with Crippen LogP contribution in [0.25, 0.3) is 11.0 Å². The maximum absolute atomic E-state index is 11.4. The molecule has 3 N–H and O–H groups in total. The molecule has 2 aromatic carbocycles. The van der Waals surface area contributed by atoms with Crippen LogP contribution in [0, 0.1) is 6.92 Å². The Hall–Kier alpha value is -2.82. The van der Waals surface area contributed by atoms with Crippen molar-refractivity contribution < 1.29 is 9.90 Å². The van der Waals surface area contributed by atoms with E-state index in [1.54, 1.807) is 18.2 Å². The van der Waals surface area contributed by atoms with E-state index in [4.69, 9.17) is 5.73 Å². The highest BCUT2D eigenvalue weighted by Gasteiger charge is 2.15. The lowest BCUT2D eigenvalue weighted by atomic mass is 10.1. The summed E-state index contributed by atoms with van der Waals surface area (Å²) in [7, 11) is 0. The van der Waals surface area contributed by atoms with Crippen molar-refractivity contribution in [1.82, 2.24) is 9.55 Å². The SMILES string of the molecule is Cc1nc2ccccc2n1Cc1cccc(N)c1C(=O)O. The third kappa shape index (κ3) is 2.23. The maximum atomic E-state index is 11.4. The summed E-state index contributed by atoms with van der Waals surface area (Å²) in [5.41, 5.74) is 8.79. The number of carboxylic acids is 1. The number of aromatic nitrogens is 2. The molecule has 0 amide bonds. The summed E-state index contributed by atoms with van der Waals surface area (Å²) in [6, 6.07) is 12.9. The van der Waals surface area contributed by atoms with E-state index in [-0.39, 0.29) is 11.3 Å². The van der Waals surface area contributed by atoms with Crippen molar-refractivity contribution >= 4 is 22.7 Å². The third-order valence-electron chi connectivity index (χ3n) is 3.57. The number of hydrogen-bond donors (Lipinski definition) is 2. The number of aryl methyl sites for hydroxylation is 1. The van der Waals surface area contributed by atoms with Crippen LogP contribution in [0.2, 0.25) is 0 Å². The van der Waals surface area contributed by atoms with E-state index in [9.17, 15) is 9.90 Å². The van der Waals surface area contributed by atoms with Gasteiger partial charge in [0.1, 0.15) is 5.82 Å². The number of carboxylic acid groups (broad SMARTS) is 1. The zero-order valence-electron chi connectivity index (χ0n) is 11.6. The van der Waals surface area contributed by atoms with Gasteiger partial charge in [0.15, 0.2) is 0 Å². The summed E-state index contributed by atoms with van der Waals surface area (Å²) in [6.45, 7) is 2.34. The Bertz CT molecular complexity index is 837. The number of imidazole rings is 1. The predicted molar refractivity (Wildman–Crippen MR) is 81.4 cm³/mol. The average Bonchev–Trinajstić information content (AvgIpc) is 2.75. The van der Waals surface area contributed by atoms with Crippen LogP contribution < -0.4 is 5.73 Å². The first-order valence-corrected chi connectivity index (χ1v) is 6.60. The van der Waals surface area contributed by atoms with E-state index in [1.165, 1.54) is 0 Å². The van der Waals surface area contributed by atoms with Crippen molar-refractivity contribution in [3.8, 4) is 0 Å². The van der Waals surface area contributed by atoms with Gasteiger partial charge in [0.25, 0.3) is 0 Å². The largest absolute Gasteiger partial charge is 0.478 e. The van der Waals surface area contributed by atoms with Crippen LogP contribution in [0.1, 0.15) is 21.7 Å². The average molecular weight is 281 g/mol. The number of aromatic carboxylic acids is 1. The van der Waals surface area contributed by atoms with Crippen LogP contribution in [0.5, 0.6) is 0 Å². The van der Waals surface area contributed by atoms with Gasteiger partial charge < -0.3 is 15.4 Å². The molecule has 5 nitrogen and oxygen atoms in total. The second-order valence-electron chi connectivity index (χ2n) is 4.92. The molecule has 0 aliphatic heterocycles. The molecule has 3 rings (SSSR count). The number of benzene rings is 2. The van der Waals surface area contributed by atoms with Gasteiger partial charge in [0.05, 0.1) is 23.1 Å². The Kier molecular flexibility index (Phi) is 3.10. The van der Waals surface area contributed by atoms with Gasteiger partial charge in [0, 0.05) is 5.69 Å². The smallest absolute Gasteiger partial charge is 0.338 e. The highest BCUT2D eigenvalue weighted by atomic mass is 16.4. The predicted octanol–water partition coefficient (Wildman–Crippen LogP) is 2.67. The fraction of sp³-hybridized carbons (Fsp3) is 0.125. The molecule has 106 valence electrons. The van der Waals surface area contributed by atoms with Crippen LogP contribution in [-0.2, 0) is 6.54 Å². The van der Waals surface area contributed by atoms with Crippen molar-refractivity contribution in [1.29, 1.82) is 0 Å². The van der Waals surface area contributed by atoms with Crippen molar-refractivity contribution in [2.24, 2.45) is 0 Å². The van der Waals surface area contributed by atoms with Gasteiger partial charge in [-0.05, 0) is 30.7 Å². The molecule has 0 aliphatic carbocycles. The highest BCUT2D eigenvalue weighted by Crippen LogP contribution is 2.22. The van der Waals surface area contributed by atoms with E-state index in [2.05, 4.69) is 4.98 Å². The Balaban J connectivity index is 2.13. The number of hydrogen-bond acceptors (Lipinski definition) is 3. The minimum atomic E-state index is -1.01. The summed E-state index contributed by atoms with van der Waals surface area (Å²) in [5.74, 6) is -0.167. The first-order chi connectivity index (χ1) is 10.1. The van der Waals surface area contributed by atoms with E-state index >= 15 is 0 Å². The number of para-hydroxylation sites is 2. The summed E-state index contributed by atoms with van der Waals surface area (Å²) < 4.78 is 2.00.